The first-order chi connectivity index (χ1) is 4.57. The van der Waals surface area contributed by atoms with E-state index >= 15 is 0 Å². The molecule has 4 heteroatoms. The highest BCUT2D eigenvalue weighted by Crippen LogP contribution is 1.91. The minimum absolute atomic E-state index is 0.00116. The monoisotopic (exact) mass is 144 g/mol. The maximum atomic E-state index is 10.3. The van der Waals surface area contributed by atoms with Gasteiger partial charge in [-0.2, -0.15) is 0 Å². The lowest BCUT2D eigenvalue weighted by molar-refractivity contribution is -0.127. The standard InChI is InChI=1S/C6H12N2O2/c1-5(2)8(4-9)3-6(7)10/h4-5H,3H2,1-2H3,(H2,7,10). The van der Waals surface area contributed by atoms with Crippen LogP contribution in [0.1, 0.15) is 13.8 Å². The van der Waals surface area contributed by atoms with Gasteiger partial charge in [0.2, 0.25) is 12.3 Å². The van der Waals surface area contributed by atoms with Crippen LogP contribution in [0.2, 0.25) is 0 Å². The zero-order chi connectivity index (χ0) is 8.15. The average Bonchev–Trinajstić information content (AvgIpc) is 1.81. The average molecular weight is 144 g/mol. The summed E-state index contributed by atoms with van der Waals surface area (Å²) in [5.74, 6) is -0.485. The molecule has 0 aromatic heterocycles. The van der Waals surface area contributed by atoms with E-state index in [-0.39, 0.29) is 12.6 Å². The highest BCUT2D eigenvalue weighted by molar-refractivity contribution is 5.78. The normalized spacial score (nSPS) is 9.50. The molecule has 0 aliphatic rings. The Balaban J connectivity index is 3.83. The van der Waals surface area contributed by atoms with Gasteiger partial charge in [0.1, 0.15) is 0 Å². The molecule has 2 N–H and O–H groups in total. The molecule has 0 saturated heterocycles. The summed E-state index contributed by atoms with van der Waals surface area (Å²) in [7, 11) is 0. The van der Waals surface area contributed by atoms with Gasteiger partial charge in [0, 0.05) is 6.04 Å². The molecule has 0 aliphatic heterocycles. The zero-order valence-corrected chi connectivity index (χ0v) is 6.20. The van der Waals surface area contributed by atoms with E-state index in [9.17, 15) is 9.59 Å². The fraction of sp³-hybridized carbons (Fsp3) is 0.667. The first-order valence-electron chi connectivity index (χ1n) is 3.07. The summed E-state index contributed by atoms with van der Waals surface area (Å²) >= 11 is 0. The first-order valence-corrected chi connectivity index (χ1v) is 3.07. The predicted molar refractivity (Wildman–Crippen MR) is 37.1 cm³/mol. The van der Waals surface area contributed by atoms with Crippen LogP contribution in [0, 0.1) is 0 Å². The van der Waals surface area contributed by atoms with Crippen molar-refractivity contribution < 1.29 is 9.59 Å². The van der Waals surface area contributed by atoms with Gasteiger partial charge in [0.05, 0.1) is 6.54 Å². The van der Waals surface area contributed by atoms with Gasteiger partial charge < -0.3 is 10.6 Å². The molecule has 10 heavy (non-hydrogen) atoms. The smallest absolute Gasteiger partial charge is 0.237 e. The van der Waals surface area contributed by atoms with E-state index in [1.54, 1.807) is 0 Å². The van der Waals surface area contributed by atoms with Crippen LogP contribution in [0.4, 0.5) is 0 Å². The number of hydrogen-bond acceptors (Lipinski definition) is 2. The maximum absolute atomic E-state index is 10.3. The summed E-state index contributed by atoms with van der Waals surface area (Å²) in [6, 6.07) is 0.0324. The third kappa shape index (κ3) is 3.06. The van der Waals surface area contributed by atoms with Crippen LogP contribution in [0.5, 0.6) is 0 Å². The summed E-state index contributed by atoms with van der Waals surface area (Å²) < 4.78 is 0. The minimum Gasteiger partial charge on any atom is -0.368 e. The third-order valence-electron chi connectivity index (χ3n) is 1.14. The van der Waals surface area contributed by atoms with Crippen LogP contribution in [0.25, 0.3) is 0 Å². The van der Waals surface area contributed by atoms with Gasteiger partial charge in [0.15, 0.2) is 0 Å². The predicted octanol–water partition coefficient (Wildman–Crippen LogP) is -0.662. The van der Waals surface area contributed by atoms with Crippen molar-refractivity contribution in [3.05, 3.63) is 0 Å². The lowest BCUT2D eigenvalue weighted by atomic mass is 10.3. The Morgan fingerprint density at radius 3 is 2.30 bits per heavy atom. The lowest BCUT2D eigenvalue weighted by Gasteiger charge is -2.18. The van der Waals surface area contributed by atoms with Crippen molar-refractivity contribution in [3.63, 3.8) is 0 Å². The van der Waals surface area contributed by atoms with Crippen LogP contribution in [0.15, 0.2) is 0 Å². The van der Waals surface area contributed by atoms with Crippen LogP contribution in [0.3, 0.4) is 0 Å². The summed E-state index contributed by atoms with van der Waals surface area (Å²) in [4.78, 5) is 21.8. The van der Waals surface area contributed by atoms with E-state index in [4.69, 9.17) is 5.73 Å². The van der Waals surface area contributed by atoms with Crippen LogP contribution in [-0.4, -0.2) is 29.8 Å². The van der Waals surface area contributed by atoms with Crippen LogP contribution in [-0.2, 0) is 9.59 Å². The molecule has 0 radical (unpaired) electrons. The molecule has 0 aromatic rings. The highest BCUT2D eigenvalue weighted by atomic mass is 16.2. The van der Waals surface area contributed by atoms with Crippen molar-refractivity contribution in [2.75, 3.05) is 6.54 Å². The Kier molecular flexibility index (Phi) is 3.46. The molecular weight excluding hydrogens is 132 g/mol. The van der Waals surface area contributed by atoms with Gasteiger partial charge in [-0.15, -0.1) is 0 Å². The summed E-state index contributed by atoms with van der Waals surface area (Å²) in [5.41, 5.74) is 4.87. The number of rotatable bonds is 4. The number of carbonyl (C=O) groups is 2. The lowest BCUT2D eigenvalue weighted by Crippen LogP contribution is -2.37. The van der Waals surface area contributed by atoms with E-state index in [0.29, 0.717) is 6.41 Å². The molecule has 0 unspecified atom stereocenters. The zero-order valence-electron chi connectivity index (χ0n) is 6.20. The van der Waals surface area contributed by atoms with Gasteiger partial charge in [-0.1, -0.05) is 0 Å². The van der Waals surface area contributed by atoms with E-state index in [1.807, 2.05) is 13.8 Å². The topological polar surface area (TPSA) is 63.4 Å². The molecule has 0 bridgehead atoms. The molecule has 0 heterocycles. The highest BCUT2D eigenvalue weighted by Gasteiger charge is 2.07. The third-order valence-corrected chi connectivity index (χ3v) is 1.14. The first kappa shape index (κ1) is 8.94. The second-order valence-electron chi connectivity index (χ2n) is 2.34. The second kappa shape index (κ2) is 3.87. The van der Waals surface area contributed by atoms with Crippen molar-refractivity contribution in [1.82, 2.24) is 4.90 Å². The Labute approximate surface area is 60.0 Å². The molecule has 0 aliphatic carbocycles. The second-order valence-corrected chi connectivity index (χ2v) is 2.34. The van der Waals surface area contributed by atoms with E-state index in [1.165, 1.54) is 4.90 Å². The molecule has 0 saturated carbocycles. The Hall–Kier alpha value is -1.06. The SMILES string of the molecule is CC(C)N(C=O)CC(N)=O. The van der Waals surface area contributed by atoms with E-state index in [2.05, 4.69) is 0 Å². The number of amides is 2. The fourth-order valence-corrected chi connectivity index (χ4v) is 0.522. The number of nitrogens with two attached hydrogens (primary N) is 1. The number of hydrogen-bond donors (Lipinski definition) is 1. The van der Waals surface area contributed by atoms with E-state index in [0.717, 1.165) is 0 Å². The Morgan fingerprint density at radius 2 is 2.20 bits per heavy atom. The molecule has 0 atom stereocenters. The molecule has 2 amide bonds. The van der Waals surface area contributed by atoms with E-state index < -0.39 is 5.91 Å². The van der Waals surface area contributed by atoms with Crippen LogP contribution >= 0.6 is 0 Å². The number of nitrogens with zero attached hydrogens (tertiary/aromatic N) is 1. The molecular formula is C6H12N2O2. The fourth-order valence-electron chi connectivity index (χ4n) is 0.522. The number of carbonyl (C=O) groups excluding carboxylic acids is 2. The van der Waals surface area contributed by atoms with Gasteiger partial charge in [0.25, 0.3) is 0 Å². The molecule has 0 aromatic carbocycles. The maximum Gasteiger partial charge on any atom is 0.237 e. The summed E-state index contributed by atoms with van der Waals surface area (Å²) in [6.07, 6.45) is 0.620. The molecule has 0 fully saturated rings. The van der Waals surface area contributed by atoms with Crippen molar-refractivity contribution in [2.24, 2.45) is 5.73 Å². The largest absolute Gasteiger partial charge is 0.368 e. The van der Waals surface area contributed by atoms with Gasteiger partial charge >= 0.3 is 0 Å². The summed E-state index contributed by atoms with van der Waals surface area (Å²) in [6.45, 7) is 3.63. The molecule has 0 spiro atoms. The molecule has 58 valence electrons. The number of primary amides is 1. The minimum atomic E-state index is -0.485. The molecule has 4 nitrogen and oxygen atoms in total. The summed E-state index contributed by atoms with van der Waals surface area (Å²) in [5, 5.41) is 0. The van der Waals surface area contributed by atoms with Gasteiger partial charge in [-0.05, 0) is 13.8 Å². The van der Waals surface area contributed by atoms with Gasteiger partial charge in [-0.25, -0.2) is 0 Å². The Morgan fingerprint density at radius 1 is 1.70 bits per heavy atom. The van der Waals surface area contributed by atoms with Gasteiger partial charge in [-0.3, -0.25) is 9.59 Å². The van der Waals surface area contributed by atoms with Crippen molar-refractivity contribution in [2.45, 2.75) is 19.9 Å². The van der Waals surface area contributed by atoms with Crippen LogP contribution < -0.4 is 5.73 Å². The molecule has 0 rings (SSSR count). The van der Waals surface area contributed by atoms with Crippen molar-refractivity contribution in [1.29, 1.82) is 0 Å². The van der Waals surface area contributed by atoms with Crippen molar-refractivity contribution in [3.8, 4) is 0 Å². The van der Waals surface area contributed by atoms with Crippen molar-refractivity contribution >= 4 is 12.3 Å². The quantitative estimate of drug-likeness (QED) is 0.532. The Bertz CT molecular complexity index is 134.